The molecule has 0 radical (unpaired) electrons. The molecule has 0 bridgehead atoms. The molecular formula is C15H16N4O4. The van der Waals surface area contributed by atoms with Gasteiger partial charge in [-0.1, -0.05) is 0 Å². The Hall–Kier alpha value is -2.77. The lowest BCUT2D eigenvalue weighted by molar-refractivity contribution is -0.119. The van der Waals surface area contributed by atoms with E-state index in [0.29, 0.717) is 37.4 Å². The van der Waals surface area contributed by atoms with E-state index in [-0.39, 0.29) is 23.5 Å². The number of likely N-dealkylation sites (tertiary alicyclic amines) is 1. The number of ether oxygens (including phenoxy) is 1. The van der Waals surface area contributed by atoms with E-state index in [0.717, 1.165) is 6.41 Å². The number of carbonyl (C=O) groups excluding carboxylic acids is 2. The summed E-state index contributed by atoms with van der Waals surface area (Å²) in [7, 11) is 1.52. The third-order valence-electron chi connectivity index (χ3n) is 3.88. The molecule has 23 heavy (non-hydrogen) atoms. The molecule has 0 spiro atoms. The first-order valence-corrected chi connectivity index (χ1v) is 7.29. The number of rotatable bonds is 5. The second-order valence-electron chi connectivity index (χ2n) is 5.25. The predicted octanol–water partition coefficient (Wildman–Crippen LogP) is 1.19. The smallest absolute Gasteiger partial charge is 0.284 e. The van der Waals surface area contributed by atoms with Crippen molar-refractivity contribution in [1.29, 1.82) is 0 Å². The van der Waals surface area contributed by atoms with Crippen LogP contribution in [0.4, 0.5) is 0 Å². The Morgan fingerprint density at radius 2 is 2.17 bits per heavy atom. The number of aromatic nitrogens is 3. The van der Waals surface area contributed by atoms with Gasteiger partial charge in [0.25, 0.3) is 11.8 Å². The summed E-state index contributed by atoms with van der Waals surface area (Å²) in [5.74, 6) is 0.220. The average Bonchev–Trinajstić information content (AvgIpc) is 3.11. The minimum Gasteiger partial charge on any atom is -0.494 e. The molecule has 120 valence electrons. The van der Waals surface area contributed by atoms with Gasteiger partial charge in [0.2, 0.25) is 12.2 Å². The minimum atomic E-state index is -0.204. The highest BCUT2D eigenvalue weighted by atomic mass is 16.5. The number of pyridine rings is 1. The quantitative estimate of drug-likeness (QED) is 0.603. The molecule has 8 heteroatoms. The van der Waals surface area contributed by atoms with Crippen molar-refractivity contribution in [2.75, 3.05) is 20.2 Å². The van der Waals surface area contributed by atoms with Crippen molar-refractivity contribution in [2.24, 2.45) is 5.92 Å². The van der Waals surface area contributed by atoms with Gasteiger partial charge in [0.05, 0.1) is 7.11 Å². The van der Waals surface area contributed by atoms with Crippen molar-refractivity contribution in [3.63, 3.8) is 0 Å². The molecule has 8 nitrogen and oxygen atoms in total. The van der Waals surface area contributed by atoms with Gasteiger partial charge in [-0.05, 0) is 25.0 Å². The molecule has 0 saturated carbocycles. The molecule has 3 heterocycles. The Morgan fingerprint density at radius 3 is 2.87 bits per heavy atom. The normalized spacial score (nSPS) is 15.4. The maximum absolute atomic E-state index is 12.4. The number of amides is 1. The summed E-state index contributed by atoms with van der Waals surface area (Å²) in [4.78, 5) is 28.9. The molecule has 2 aromatic rings. The molecular weight excluding hydrogens is 300 g/mol. The van der Waals surface area contributed by atoms with Crippen LogP contribution in [-0.4, -0.2) is 52.5 Å². The topological polar surface area (TPSA) is 98.4 Å². The van der Waals surface area contributed by atoms with E-state index in [9.17, 15) is 9.59 Å². The molecule has 3 rings (SSSR count). The monoisotopic (exact) mass is 316 g/mol. The van der Waals surface area contributed by atoms with E-state index in [1.807, 2.05) is 0 Å². The third kappa shape index (κ3) is 3.05. The number of carbonyl (C=O) groups is 2. The lowest BCUT2D eigenvalue weighted by atomic mass is 9.93. The van der Waals surface area contributed by atoms with Crippen molar-refractivity contribution in [1.82, 2.24) is 20.1 Å². The van der Waals surface area contributed by atoms with Crippen molar-refractivity contribution in [2.45, 2.75) is 12.8 Å². The Morgan fingerprint density at radius 1 is 1.39 bits per heavy atom. The van der Waals surface area contributed by atoms with Gasteiger partial charge < -0.3 is 14.1 Å². The molecule has 0 N–H and O–H groups in total. The molecule has 0 atom stereocenters. The SMILES string of the molecule is COc1cccnc1-c1nnc(C(=O)C2CCN(C=O)CC2)o1. The largest absolute Gasteiger partial charge is 0.494 e. The van der Waals surface area contributed by atoms with Crippen molar-refractivity contribution in [3.05, 3.63) is 24.2 Å². The van der Waals surface area contributed by atoms with Crippen LogP contribution >= 0.6 is 0 Å². The van der Waals surface area contributed by atoms with Crippen LogP contribution in [-0.2, 0) is 4.79 Å². The highest BCUT2D eigenvalue weighted by Gasteiger charge is 2.29. The zero-order valence-electron chi connectivity index (χ0n) is 12.6. The lowest BCUT2D eigenvalue weighted by Gasteiger charge is -2.27. The molecule has 0 aromatic carbocycles. The fourth-order valence-corrected chi connectivity index (χ4v) is 2.58. The lowest BCUT2D eigenvalue weighted by Crippen LogP contribution is -2.35. The summed E-state index contributed by atoms with van der Waals surface area (Å²) in [6.07, 6.45) is 3.59. The Kier molecular flexibility index (Phi) is 4.31. The number of piperidine rings is 1. The van der Waals surface area contributed by atoms with Crippen LogP contribution < -0.4 is 4.74 Å². The molecule has 2 aromatic heterocycles. The van der Waals surface area contributed by atoms with Gasteiger partial charge in [0, 0.05) is 25.2 Å². The van der Waals surface area contributed by atoms with E-state index in [1.165, 1.54) is 7.11 Å². The van der Waals surface area contributed by atoms with Crippen LogP contribution in [0.5, 0.6) is 5.75 Å². The van der Waals surface area contributed by atoms with E-state index >= 15 is 0 Å². The van der Waals surface area contributed by atoms with Crippen LogP contribution in [0.15, 0.2) is 22.7 Å². The number of ketones is 1. The zero-order chi connectivity index (χ0) is 16.2. The first-order chi connectivity index (χ1) is 11.2. The molecule has 1 aliphatic heterocycles. The van der Waals surface area contributed by atoms with Crippen LogP contribution in [0.1, 0.15) is 23.5 Å². The molecule has 1 saturated heterocycles. The molecule has 0 unspecified atom stereocenters. The summed E-state index contributed by atoms with van der Waals surface area (Å²) in [6, 6.07) is 3.45. The second-order valence-corrected chi connectivity index (χ2v) is 5.25. The summed E-state index contributed by atoms with van der Waals surface area (Å²) in [6.45, 7) is 1.13. The highest BCUT2D eigenvalue weighted by Crippen LogP contribution is 2.27. The number of methoxy groups -OCH3 is 1. The van der Waals surface area contributed by atoms with Crippen LogP contribution in [0.25, 0.3) is 11.6 Å². The zero-order valence-corrected chi connectivity index (χ0v) is 12.6. The molecule has 1 aliphatic rings. The number of Topliss-reactive ketones (excluding diaryl/α,β-unsaturated/α-hetero) is 1. The molecule has 0 aliphatic carbocycles. The van der Waals surface area contributed by atoms with Crippen LogP contribution in [0, 0.1) is 5.92 Å². The van der Waals surface area contributed by atoms with E-state index in [1.54, 1.807) is 23.2 Å². The van der Waals surface area contributed by atoms with Gasteiger partial charge in [-0.2, -0.15) is 0 Å². The van der Waals surface area contributed by atoms with Gasteiger partial charge in [0.15, 0.2) is 5.69 Å². The van der Waals surface area contributed by atoms with Gasteiger partial charge in [-0.25, -0.2) is 4.98 Å². The van der Waals surface area contributed by atoms with E-state index < -0.39 is 0 Å². The Bertz CT molecular complexity index is 707. The van der Waals surface area contributed by atoms with Gasteiger partial charge in [-0.15, -0.1) is 10.2 Å². The minimum absolute atomic E-state index is 0.0303. The number of nitrogens with zero attached hydrogens (tertiary/aromatic N) is 4. The fraction of sp³-hybridized carbons (Fsp3) is 0.400. The maximum Gasteiger partial charge on any atom is 0.284 e. The molecule has 1 amide bonds. The van der Waals surface area contributed by atoms with E-state index in [4.69, 9.17) is 9.15 Å². The molecule has 1 fully saturated rings. The fourth-order valence-electron chi connectivity index (χ4n) is 2.58. The van der Waals surface area contributed by atoms with Crippen molar-refractivity contribution >= 4 is 12.2 Å². The highest BCUT2D eigenvalue weighted by molar-refractivity contribution is 5.93. The summed E-state index contributed by atoms with van der Waals surface area (Å²) >= 11 is 0. The maximum atomic E-state index is 12.4. The standard InChI is InChI=1S/C15H16N4O4/c1-22-11-3-2-6-16-12(11)14-17-18-15(23-14)13(21)10-4-7-19(9-20)8-5-10/h2-3,6,9-10H,4-5,7-8H2,1H3. The second kappa shape index (κ2) is 6.55. The first-order valence-electron chi connectivity index (χ1n) is 7.29. The number of hydrogen-bond acceptors (Lipinski definition) is 7. The summed E-state index contributed by atoms with van der Waals surface area (Å²) < 4.78 is 10.7. The van der Waals surface area contributed by atoms with E-state index in [2.05, 4.69) is 15.2 Å². The number of hydrogen-bond donors (Lipinski definition) is 0. The van der Waals surface area contributed by atoms with Gasteiger partial charge in [-0.3, -0.25) is 9.59 Å². The van der Waals surface area contributed by atoms with Crippen molar-refractivity contribution < 1.29 is 18.7 Å². The third-order valence-corrected chi connectivity index (χ3v) is 3.88. The Balaban J connectivity index is 1.77. The van der Waals surface area contributed by atoms with Gasteiger partial charge >= 0.3 is 0 Å². The summed E-state index contributed by atoms with van der Waals surface area (Å²) in [5.41, 5.74) is 0.400. The first kappa shape index (κ1) is 15.1. The van der Waals surface area contributed by atoms with Gasteiger partial charge in [0.1, 0.15) is 5.75 Å². The van der Waals surface area contributed by atoms with Crippen LogP contribution in [0.2, 0.25) is 0 Å². The predicted molar refractivity (Wildman–Crippen MR) is 78.8 cm³/mol. The van der Waals surface area contributed by atoms with Crippen LogP contribution in [0.3, 0.4) is 0 Å². The van der Waals surface area contributed by atoms with Crippen molar-refractivity contribution in [3.8, 4) is 17.3 Å². The Labute approximate surface area is 132 Å². The average molecular weight is 316 g/mol. The summed E-state index contributed by atoms with van der Waals surface area (Å²) in [5, 5.41) is 7.73.